The lowest BCUT2D eigenvalue weighted by molar-refractivity contribution is -0.132. The van der Waals surface area contributed by atoms with Gasteiger partial charge in [0, 0.05) is 12.8 Å². The largest absolute Gasteiger partial charge is 0.299 e. The lowest BCUT2D eigenvalue weighted by atomic mass is 9.90. The van der Waals surface area contributed by atoms with Crippen LogP contribution in [0.25, 0.3) is 0 Å². The Balaban J connectivity index is 2.21. The molecule has 122 valence electrons. The Bertz CT molecular complexity index is 443. The highest BCUT2D eigenvalue weighted by molar-refractivity contribution is 6.02. The first kappa shape index (κ1) is 18.6. The maximum atomic E-state index is 11.8. The molecule has 1 rings (SSSR count). The van der Waals surface area contributed by atoms with Gasteiger partial charge in [-0.25, -0.2) is 0 Å². The van der Waals surface area contributed by atoms with Crippen LogP contribution in [0.15, 0.2) is 24.3 Å². The van der Waals surface area contributed by atoms with Crippen molar-refractivity contribution in [2.75, 3.05) is 0 Å². The third-order valence-corrected chi connectivity index (χ3v) is 4.30. The minimum atomic E-state index is -0.341. The summed E-state index contributed by atoms with van der Waals surface area (Å²) >= 11 is 0. The molecule has 0 aliphatic carbocycles. The Hall–Kier alpha value is -1.44. The molecular weight excluding hydrogens is 272 g/mol. The maximum absolute atomic E-state index is 11.8. The molecule has 0 aliphatic heterocycles. The van der Waals surface area contributed by atoms with E-state index >= 15 is 0 Å². The van der Waals surface area contributed by atoms with E-state index in [4.69, 9.17) is 0 Å². The second kappa shape index (κ2) is 10.3. The van der Waals surface area contributed by atoms with E-state index < -0.39 is 0 Å². The first-order valence-corrected chi connectivity index (χ1v) is 8.69. The van der Waals surface area contributed by atoms with Crippen LogP contribution < -0.4 is 0 Å². The quantitative estimate of drug-likeness (QED) is 0.423. The van der Waals surface area contributed by atoms with Gasteiger partial charge in [-0.15, -0.1) is 0 Å². The van der Waals surface area contributed by atoms with Gasteiger partial charge in [-0.05, 0) is 31.7 Å². The molecule has 0 saturated heterocycles. The normalized spacial score (nSPS) is 10.9. The summed E-state index contributed by atoms with van der Waals surface area (Å²) < 4.78 is 0. The van der Waals surface area contributed by atoms with Crippen molar-refractivity contribution in [3.05, 3.63) is 35.4 Å². The number of benzene rings is 1. The number of unbranched alkanes of at least 4 members (excludes halogenated alkanes) is 3. The molecule has 0 spiro atoms. The highest BCUT2D eigenvalue weighted by Crippen LogP contribution is 2.17. The fourth-order valence-corrected chi connectivity index (χ4v) is 2.78. The van der Waals surface area contributed by atoms with Gasteiger partial charge in [0.05, 0.1) is 5.92 Å². The molecule has 0 bridgehead atoms. The van der Waals surface area contributed by atoms with Crippen LogP contribution in [0.5, 0.6) is 0 Å². The number of hydrogen-bond acceptors (Lipinski definition) is 2. The number of carbonyl (C=O) groups excluding carboxylic acids is 2. The molecule has 0 heterocycles. The van der Waals surface area contributed by atoms with Gasteiger partial charge in [0.25, 0.3) is 0 Å². The molecule has 0 aliphatic rings. The average Bonchev–Trinajstić information content (AvgIpc) is 2.54. The van der Waals surface area contributed by atoms with Crippen molar-refractivity contribution < 1.29 is 9.59 Å². The van der Waals surface area contributed by atoms with Crippen molar-refractivity contribution in [1.29, 1.82) is 0 Å². The molecule has 0 N–H and O–H groups in total. The molecule has 0 fully saturated rings. The van der Waals surface area contributed by atoms with Crippen LogP contribution in [0.1, 0.15) is 69.9 Å². The number of hydrogen-bond donors (Lipinski definition) is 0. The van der Waals surface area contributed by atoms with Crippen molar-refractivity contribution in [1.82, 2.24) is 0 Å². The standard InChI is InChI=1S/C20H30O2/c1-4-19(21)18(20(22)5-2)11-9-7-6-8-10-17-14-12-16(3)13-15-17/h12-15,18H,4-11H2,1-3H3. The number of rotatable bonds is 11. The summed E-state index contributed by atoms with van der Waals surface area (Å²) in [7, 11) is 0. The van der Waals surface area contributed by atoms with Crippen LogP contribution in [-0.4, -0.2) is 11.6 Å². The summed E-state index contributed by atoms with van der Waals surface area (Å²) in [5, 5.41) is 0. The highest BCUT2D eigenvalue weighted by Gasteiger charge is 2.22. The Morgan fingerprint density at radius 3 is 1.95 bits per heavy atom. The number of carbonyl (C=O) groups is 2. The van der Waals surface area contributed by atoms with Crippen molar-refractivity contribution >= 4 is 11.6 Å². The minimum Gasteiger partial charge on any atom is -0.299 e. The fourth-order valence-electron chi connectivity index (χ4n) is 2.78. The molecule has 0 aromatic heterocycles. The SMILES string of the molecule is CCC(=O)C(CCCCCCc1ccc(C)cc1)C(=O)CC. The third-order valence-electron chi connectivity index (χ3n) is 4.30. The first-order valence-electron chi connectivity index (χ1n) is 8.69. The van der Waals surface area contributed by atoms with E-state index in [1.54, 1.807) is 0 Å². The molecule has 0 radical (unpaired) electrons. The summed E-state index contributed by atoms with van der Waals surface area (Å²) in [6.45, 7) is 5.80. The van der Waals surface area contributed by atoms with Crippen LogP contribution in [-0.2, 0) is 16.0 Å². The first-order chi connectivity index (χ1) is 10.6. The van der Waals surface area contributed by atoms with Crippen molar-refractivity contribution in [3.8, 4) is 0 Å². The lowest BCUT2D eigenvalue weighted by Gasteiger charge is -2.12. The van der Waals surface area contributed by atoms with E-state index in [-0.39, 0.29) is 17.5 Å². The molecule has 0 saturated carbocycles. The molecular formula is C20H30O2. The maximum Gasteiger partial charge on any atom is 0.143 e. The van der Waals surface area contributed by atoms with Crippen LogP contribution >= 0.6 is 0 Å². The molecule has 22 heavy (non-hydrogen) atoms. The van der Waals surface area contributed by atoms with Crippen molar-refractivity contribution in [2.45, 2.75) is 72.1 Å². The average molecular weight is 302 g/mol. The summed E-state index contributed by atoms with van der Waals surface area (Å²) in [5.74, 6) is -0.106. The van der Waals surface area contributed by atoms with E-state index in [0.29, 0.717) is 12.8 Å². The van der Waals surface area contributed by atoms with E-state index in [9.17, 15) is 9.59 Å². The zero-order chi connectivity index (χ0) is 16.4. The molecule has 2 nitrogen and oxygen atoms in total. The molecule has 2 heteroatoms. The predicted octanol–water partition coefficient (Wildman–Crippen LogP) is 5.06. The Morgan fingerprint density at radius 1 is 0.864 bits per heavy atom. The fraction of sp³-hybridized carbons (Fsp3) is 0.600. The van der Waals surface area contributed by atoms with Gasteiger partial charge in [0.1, 0.15) is 11.6 Å². The molecule has 0 atom stereocenters. The summed E-state index contributed by atoms with van der Waals surface area (Å²) in [5.41, 5.74) is 2.70. The van der Waals surface area contributed by atoms with E-state index in [1.165, 1.54) is 24.0 Å². The molecule has 0 amide bonds. The molecule has 1 aromatic carbocycles. The highest BCUT2D eigenvalue weighted by atomic mass is 16.1. The summed E-state index contributed by atoms with van der Waals surface area (Å²) in [6.07, 6.45) is 7.24. The van der Waals surface area contributed by atoms with E-state index in [2.05, 4.69) is 31.2 Å². The van der Waals surface area contributed by atoms with Crippen molar-refractivity contribution in [2.24, 2.45) is 5.92 Å². The smallest absolute Gasteiger partial charge is 0.143 e. The van der Waals surface area contributed by atoms with Gasteiger partial charge < -0.3 is 0 Å². The van der Waals surface area contributed by atoms with Gasteiger partial charge in [-0.2, -0.15) is 0 Å². The van der Waals surface area contributed by atoms with Gasteiger partial charge in [0.2, 0.25) is 0 Å². The summed E-state index contributed by atoms with van der Waals surface area (Å²) in [4.78, 5) is 23.6. The number of aryl methyl sites for hydroxylation is 2. The lowest BCUT2D eigenvalue weighted by Crippen LogP contribution is -2.22. The Kier molecular flexibility index (Phi) is 8.72. The minimum absolute atomic E-state index is 0.117. The van der Waals surface area contributed by atoms with Gasteiger partial charge in [0.15, 0.2) is 0 Å². The number of Topliss-reactive ketones (excluding diaryl/α,β-unsaturated/α-hetero) is 2. The predicted molar refractivity (Wildman–Crippen MR) is 92.1 cm³/mol. The van der Waals surface area contributed by atoms with Crippen LogP contribution in [0, 0.1) is 12.8 Å². The van der Waals surface area contributed by atoms with Gasteiger partial charge >= 0.3 is 0 Å². The summed E-state index contributed by atoms with van der Waals surface area (Å²) in [6, 6.07) is 8.72. The van der Waals surface area contributed by atoms with Gasteiger partial charge in [-0.1, -0.05) is 62.9 Å². The van der Waals surface area contributed by atoms with Crippen LogP contribution in [0.2, 0.25) is 0 Å². The molecule has 0 unspecified atom stereocenters. The monoisotopic (exact) mass is 302 g/mol. The van der Waals surface area contributed by atoms with E-state index in [1.807, 2.05) is 13.8 Å². The van der Waals surface area contributed by atoms with Gasteiger partial charge in [-0.3, -0.25) is 9.59 Å². The zero-order valence-electron chi connectivity index (χ0n) is 14.4. The second-order valence-electron chi connectivity index (χ2n) is 6.13. The van der Waals surface area contributed by atoms with Crippen LogP contribution in [0.3, 0.4) is 0 Å². The zero-order valence-corrected chi connectivity index (χ0v) is 14.4. The Labute approximate surface area is 135 Å². The topological polar surface area (TPSA) is 34.1 Å². The Morgan fingerprint density at radius 2 is 1.41 bits per heavy atom. The van der Waals surface area contributed by atoms with E-state index in [0.717, 1.165) is 25.7 Å². The third kappa shape index (κ3) is 6.55. The second-order valence-corrected chi connectivity index (χ2v) is 6.13. The van der Waals surface area contributed by atoms with Crippen LogP contribution in [0.4, 0.5) is 0 Å². The molecule has 1 aromatic rings. The van der Waals surface area contributed by atoms with Crippen molar-refractivity contribution in [3.63, 3.8) is 0 Å². The number of ketones is 2.